The number of carboxylic acids is 2. The second-order valence-electron chi connectivity index (χ2n) is 5.25. The van der Waals surface area contributed by atoms with Crippen LogP contribution in [-0.2, 0) is 16.1 Å². The number of nitrogens with zero attached hydrogens (tertiary/aromatic N) is 1. The molecule has 22 heavy (non-hydrogen) atoms. The summed E-state index contributed by atoms with van der Waals surface area (Å²) in [4.78, 5) is 23.9. The van der Waals surface area contributed by atoms with Crippen LogP contribution < -0.4 is 4.74 Å². The number of likely N-dealkylation sites (tertiary alicyclic amines) is 1. The Bertz CT molecular complexity index is 563. The monoisotopic (exact) mass is 327 g/mol. The molecule has 2 rings (SSSR count). The number of aliphatic carboxylic acids is 2. The van der Waals surface area contributed by atoms with E-state index in [0.717, 1.165) is 12.8 Å². The third kappa shape index (κ3) is 4.35. The number of hydrogen-bond donors (Lipinski definition) is 2. The zero-order valence-electron chi connectivity index (χ0n) is 12.0. The Kier molecular flexibility index (Phi) is 5.63. The molecule has 1 atom stereocenters. The van der Waals surface area contributed by atoms with Crippen LogP contribution in [-0.4, -0.2) is 46.2 Å². The number of ether oxygens (including phenoxy) is 1. The Balaban J connectivity index is 2.17. The molecule has 0 unspecified atom stereocenters. The molecule has 120 valence electrons. The predicted octanol–water partition coefficient (Wildman–Crippen LogP) is 2.24. The molecule has 1 aromatic carbocycles. The van der Waals surface area contributed by atoms with E-state index in [1.807, 2.05) is 4.90 Å². The SMILES string of the molecule is O=C(O)COc1ccc(Cl)cc1CN1CCCC[C@@H]1C(=O)O. The lowest BCUT2D eigenvalue weighted by molar-refractivity contribution is -0.144. The van der Waals surface area contributed by atoms with Gasteiger partial charge in [0.15, 0.2) is 6.61 Å². The molecular formula is C15H18ClNO5. The molecule has 1 fully saturated rings. The van der Waals surface area contributed by atoms with Gasteiger partial charge in [-0.05, 0) is 37.6 Å². The minimum absolute atomic E-state index is 0.368. The lowest BCUT2D eigenvalue weighted by Gasteiger charge is -2.33. The van der Waals surface area contributed by atoms with Crippen LogP contribution in [0, 0.1) is 0 Å². The van der Waals surface area contributed by atoms with Gasteiger partial charge in [0.1, 0.15) is 11.8 Å². The molecule has 1 aliphatic heterocycles. The van der Waals surface area contributed by atoms with E-state index in [-0.39, 0.29) is 0 Å². The molecule has 0 radical (unpaired) electrons. The third-order valence-corrected chi connectivity index (χ3v) is 3.88. The van der Waals surface area contributed by atoms with Crippen molar-refractivity contribution in [1.82, 2.24) is 4.90 Å². The first-order valence-corrected chi connectivity index (χ1v) is 7.45. The van der Waals surface area contributed by atoms with Gasteiger partial charge in [0.25, 0.3) is 0 Å². The summed E-state index contributed by atoms with van der Waals surface area (Å²) in [7, 11) is 0. The molecule has 1 aliphatic rings. The van der Waals surface area contributed by atoms with E-state index in [4.69, 9.17) is 21.4 Å². The minimum Gasteiger partial charge on any atom is -0.482 e. The second-order valence-corrected chi connectivity index (χ2v) is 5.69. The van der Waals surface area contributed by atoms with Gasteiger partial charge in [-0.1, -0.05) is 18.0 Å². The predicted molar refractivity (Wildman–Crippen MR) is 80.3 cm³/mol. The maximum absolute atomic E-state index is 11.3. The second kappa shape index (κ2) is 7.47. The average molecular weight is 328 g/mol. The van der Waals surface area contributed by atoms with Crippen molar-refractivity contribution < 1.29 is 24.5 Å². The topological polar surface area (TPSA) is 87.1 Å². The summed E-state index contributed by atoms with van der Waals surface area (Å²) >= 11 is 5.99. The molecule has 7 heteroatoms. The Morgan fingerprint density at radius 3 is 2.77 bits per heavy atom. The van der Waals surface area contributed by atoms with Crippen LogP contribution in [0.1, 0.15) is 24.8 Å². The van der Waals surface area contributed by atoms with E-state index in [9.17, 15) is 14.7 Å². The normalized spacial score (nSPS) is 18.9. The summed E-state index contributed by atoms with van der Waals surface area (Å²) in [6, 6.07) is 4.39. The molecule has 0 bridgehead atoms. The van der Waals surface area contributed by atoms with Gasteiger partial charge < -0.3 is 14.9 Å². The Morgan fingerprint density at radius 1 is 1.32 bits per heavy atom. The molecule has 1 aromatic rings. The molecule has 1 heterocycles. The van der Waals surface area contributed by atoms with Crippen molar-refractivity contribution >= 4 is 23.5 Å². The lowest BCUT2D eigenvalue weighted by atomic mass is 10.0. The largest absolute Gasteiger partial charge is 0.482 e. The minimum atomic E-state index is -1.07. The fraction of sp³-hybridized carbons (Fsp3) is 0.467. The highest BCUT2D eigenvalue weighted by molar-refractivity contribution is 6.30. The molecular weight excluding hydrogens is 310 g/mol. The highest BCUT2D eigenvalue weighted by atomic mass is 35.5. The first kappa shape index (κ1) is 16.6. The highest BCUT2D eigenvalue weighted by Crippen LogP contribution is 2.27. The summed E-state index contributed by atoms with van der Waals surface area (Å²) < 4.78 is 5.26. The Hall–Kier alpha value is -1.79. The van der Waals surface area contributed by atoms with Gasteiger partial charge in [0, 0.05) is 17.1 Å². The molecule has 0 amide bonds. The molecule has 1 saturated heterocycles. The van der Waals surface area contributed by atoms with E-state index >= 15 is 0 Å². The standard InChI is InChI=1S/C15H18ClNO5/c16-11-4-5-13(22-9-14(18)19)10(7-11)8-17-6-2-1-3-12(17)15(20)21/h4-5,7,12H,1-3,6,8-9H2,(H,18,19)(H,20,21)/t12-/m1/s1. The number of hydrogen-bond acceptors (Lipinski definition) is 4. The first-order chi connectivity index (χ1) is 10.5. The van der Waals surface area contributed by atoms with Crippen molar-refractivity contribution in [3.05, 3.63) is 28.8 Å². The quantitative estimate of drug-likeness (QED) is 0.833. The van der Waals surface area contributed by atoms with Crippen LogP contribution in [0.3, 0.4) is 0 Å². The smallest absolute Gasteiger partial charge is 0.341 e. The van der Waals surface area contributed by atoms with Gasteiger partial charge in [0.05, 0.1) is 0 Å². The van der Waals surface area contributed by atoms with Crippen molar-refractivity contribution in [1.29, 1.82) is 0 Å². The van der Waals surface area contributed by atoms with Crippen LogP contribution >= 0.6 is 11.6 Å². The summed E-state index contributed by atoms with van der Waals surface area (Å²) in [5.74, 6) is -1.49. The Morgan fingerprint density at radius 2 is 2.09 bits per heavy atom. The van der Waals surface area contributed by atoms with E-state index in [0.29, 0.717) is 35.8 Å². The number of carboxylic acid groups (broad SMARTS) is 2. The van der Waals surface area contributed by atoms with E-state index in [1.54, 1.807) is 18.2 Å². The van der Waals surface area contributed by atoms with Crippen LogP contribution in [0.5, 0.6) is 5.75 Å². The van der Waals surface area contributed by atoms with E-state index < -0.39 is 24.6 Å². The third-order valence-electron chi connectivity index (χ3n) is 3.65. The van der Waals surface area contributed by atoms with Gasteiger partial charge in [-0.25, -0.2) is 4.79 Å². The van der Waals surface area contributed by atoms with Gasteiger partial charge in [-0.2, -0.15) is 0 Å². The summed E-state index contributed by atoms with van der Waals surface area (Å²) in [6.07, 6.45) is 2.45. The van der Waals surface area contributed by atoms with Crippen molar-refractivity contribution in [3.8, 4) is 5.75 Å². The summed E-state index contributed by atoms with van der Waals surface area (Å²) in [6.45, 7) is 0.603. The van der Waals surface area contributed by atoms with Gasteiger partial charge in [-0.15, -0.1) is 0 Å². The molecule has 2 N–H and O–H groups in total. The van der Waals surface area contributed by atoms with Crippen LogP contribution in [0.15, 0.2) is 18.2 Å². The molecule has 0 spiro atoms. The number of carbonyl (C=O) groups is 2. The van der Waals surface area contributed by atoms with Crippen molar-refractivity contribution in [2.24, 2.45) is 0 Å². The zero-order valence-corrected chi connectivity index (χ0v) is 12.8. The van der Waals surface area contributed by atoms with Crippen molar-refractivity contribution in [2.45, 2.75) is 31.8 Å². The first-order valence-electron chi connectivity index (χ1n) is 7.07. The maximum atomic E-state index is 11.3. The summed E-state index contributed by atoms with van der Waals surface area (Å²) in [5.41, 5.74) is 0.696. The molecule has 0 saturated carbocycles. The number of halogens is 1. The van der Waals surface area contributed by atoms with Crippen LogP contribution in [0.4, 0.5) is 0 Å². The van der Waals surface area contributed by atoms with Crippen LogP contribution in [0.2, 0.25) is 5.02 Å². The number of benzene rings is 1. The molecule has 6 nitrogen and oxygen atoms in total. The highest BCUT2D eigenvalue weighted by Gasteiger charge is 2.29. The number of rotatable bonds is 6. The van der Waals surface area contributed by atoms with Gasteiger partial charge in [-0.3, -0.25) is 9.69 Å². The average Bonchev–Trinajstić information content (AvgIpc) is 2.46. The van der Waals surface area contributed by atoms with Crippen LogP contribution in [0.25, 0.3) is 0 Å². The molecule has 0 aliphatic carbocycles. The lowest BCUT2D eigenvalue weighted by Crippen LogP contribution is -2.44. The Labute approximate surface area is 133 Å². The zero-order chi connectivity index (χ0) is 16.1. The van der Waals surface area contributed by atoms with Crippen molar-refractivity contribution in [3.63, 3.8) is 0 Å². The van der Waals surface area contributed by atoms with Gasteiger partial charge in [0.2, 0.25) is 0 Å². The van der Waals surface area contributed by atoms with E-state index in [2.05, 4.69) is 0 Å². The van der Waals surface area contributed by atoms with Crippen molar-refractivity contribution in [2.75, 3.05) is 13.2 Å². The number of piperidine rings is 1. The fourth-order valence-corrected chi connectivity index (χ4v) is 2.83. The fourth-order valence-electron chi connectivity index (χ4n) is 2.63. The van der Waals surface area contributed by atoms with E-state index in [1.165, 1.54) is 0 Å². The maximum Gasteiger partial charge on any atom is 0.341 e. The molecule has 0 aromatic heterocycles. The summed E-state index contributed by atoms with van der Waals surface area (Å²) in [5, 5.41) is 18.5. The van der Waals surface area contributed by atoms with Gasteiger partial charge >= 0.3 is 11.9 Å².